The summed E-state index contributed by atoms with van der Waals surface area (Å²) in [6, 6.07) is 4.62. The van der Waals surface area contributed by atoms with E-state index in [0.29, 0.717) is 29.2 Å². The zero-order valence-electron chi connectivity index (χ0n) is 12.3. The van der Waals surface area contributed by atoms with E-state index in [9.17, 15) is 13.7 Å². The molecule has 1 fully saturated rings. The molecule has 0 spiro atoms. The van der Waals surface area contributed by atoms with Gasteiger partial charge in [0.25, 0.3) is 0 Å². The van der Waals surface area contributed by atoms with Crippen LogP contribution >= 0.6 is 0 Å². The Kier molecular flexibility index (Phi) is 4.63. The van der Waals surface area contributed by atoms with Crippen LogP contribution in [-0.2, 0) is 15.9 Å². The molecule has 2 heterocycles. The maximum absolute atomic E-state index is 14.4. The lowest BCUT2D eigenvalue weighted by Crippen LogP contribution is -2.25. The molecule has 1 aromatic rings. The summed E-state index contributed by atoms with van der Waals surface area (Å²) in [5.74, 6) is 0.583. The van der Waals surface area contributed by atoms with E-state index in [2.05, 4.69) is 5.11 Å². The second-order valence-electron chi connectivity index (χ2n) is 5.41. The lowest BCUT2D eigenvalue weighted by Gasteiger charge is -2.19. The number of hydrogen-bond acceptors (Lipinski definition) is 5. The molecule has 1 aromatic carbocycles. The summed E-state index contributed by atoms with van der Waals surface area (Å²) in [6.45, 7) is 0.356. The molecular formula is C15H16FN3O3S. The van der Waals surface area contributed by atoms with Crippen LogP contribution in [0.15, 0.2) is 29.4 Å². The molecule has 1 unspecified atom stereocenters. The number of rotatable bonds is 4. The lowest BCUT2D eigenvalue weighted by atomic mass is 10.0. The molecule has 1 N–H and O–H groups in total. The molecule has 3 rings (SSSR count). The highest BCUT2D eigenvalue weighted by Gasteiger charge is 2.32. The van der Waals surface area contributed by atoms with Gasteiger partial charge in [0.05, 0.1) is 18.8 Å². The molecule has 2 aliphatic heterocycles. The van der Waals surface area contributed by atoms with Gasteiger partial charge in [0.15, 0.2) is 0 Å². The van der Waals surface area contributed by atoms with Crippen LogP contribution in [0.5, 0.6) is 0 Å². The van der Waals surface area contributed by atoms with Gasteiger partial charge in [-0.2, -0.15) is 5.11 Å². The van der Waals surface area contributed by atoms with Gasteiger partial charge in [-0.1, -0.05) is 0 Å². The van der Waals surface area contributed by atoms with E-state index in [1.807, 2.05) is 6.08 Å². The summed E-state index contributed by atoms with van der Waals surface area (Å²) in [7, 11) is 0. The molecule has 0 saturated carbocycles. The predicted molar refractivity (Wildman–Crippen MR) is 84.5 cm³/mol. The molecule has 23 heavy (non-hydrogen) atoms. The normalized spacial score (nSPS) is 24.3. The fourth-order valence-corrected chi connectivity index (χ4v) is 3.71. The predicted octanol–water partition coefficient (Wildman–Crippen LogP) is 2.72. The molecule has 0 bridgehead atoms. The van der Waals surface area contributed by atoms with Crippen molar-refractivity contribution in [3.05, 3.63) is 35.7 Å². The Morgan fingerprint density at radius 2 is 2.35 bits per heavy atom. The third-order valence-electron chi connectivity index (χ3n) is 3.89. The van der Waals surface area contributed by atoms with Gasteiger partial charge in [-0.05, 0) is 41.0 Å². The minimum atomic E-state index is -0.851. The van der Waals surface area contributed by atoms with E-state index < -0.39 is 29.2 Å². The summed E-state index contributed by atoms with van der Waals surface area (Å²) in [5.41, 5.74) is 8.57. The first-order chi connectivity index (χ1) is 11.1. The number of allylic oxidation sites excluding steroid dienone is 1. The second-order valence-corrected chi connectivity index (χ2v) is 7.03. The second kappa shape index (κ2) is 6.67. The van der Waals surface area contributed by atoms with E-state index in [-0.39, 0.29) is 13.1 Å². The van der Waals surface area contributed by atoms with Gasteiger partial charge >= 0.3 is 6.09 Å². The van der Waals surface area contributed by atoms with Gasteiger partial charge in [-0.25, -0.2) is 14.7 Å². The Balaban J connectivity index is 1.80. The largest absolute Gasteiger partial charge is 0.616 e. The quantitative estimate of drug-likeness (QED) is 0.677. The average molecular weight is 337 g/mol. The van der Waals surface area contributed by atoms with Crippen molar-refractivity contribution in [2.45, 2.75) is 12.5 Å². The smallest absolute Gasteiger partial charge is 0.414 e. The molecular weight excluding hydrogens is 321 g/mol. The van der Waals surface area contributed by atoms with Crippen LogP contribution < -0.4 is 4.90 Å². The van der Waals surface area contributed by atoms with Crippen molar-refractivity contribution in [1.82, 2.24) is 0 Å². The summed E-state index contributed by atoms with van der Waals surface area (Å²) in [6.07, 6.45) is 1.37. The molecule has 6 nitrogen and oxygen atoms in total. The van der Waals surface area contributed by atoms with Crippen LogP contribution in [-0.4, -0.2) is 41.3 Å². The number of benzene rings is 1. The average Bonchev–Trinajstić information content (AvgIpc) is 2.89. The number of ether oxygens (including phenoxy) is 1. The van der Waals surface area contributed by atoms with Crippen molar-refractivity contribution in [3.63, 3.8) is 0 Å². The third-order valence-corrected chi connectivity index (χ3v) is 5.09. The summed E-state index contributed by atoms with van der Waals surface area (Å²) < 4.78 is 30.9. The van der Waals surface area contributed by atoms with Crippen molar-refractivity contribution in [2.24, 2.45) is 5.11 Å². The van der Waals surface area contributed by atoms with Crippen LogP contribution in [0.2, 0.25) is 0 Å². The van der Waals surface area contributed by atoms with E-state index in [1.54, 1.807) is 12.1 Å². The van der Waals surface area contributed by atoms with Crippen LogP contribution in [0.25, 0.3) is 5.57 Å². The van der Waals surface area contributed by atoms with Gasteiger partial charge in [0, 0.05) is 12.0 Å². The van der Waals surface area contributed by atoms with E-state index in [1.165, 1.54) is 11.0 Å². The van der Waals surface area contributed by atoms with Crippen LogP contribution in [0.1, 0.15) is 12.0 Å². The van der Waals surface area contributed by atoms with Crippen molar-refractivity contribution in [1.29, 1.82) is 5.53 Å². The monoisotopic (exact) mass is 337 g/mol. The highest BCUT2D eigenvalue weighted by atomic mass is 32.2. The number of cyclic esters (lactones) is 1. The van der Waals surface area contributed by atoms with Gasteiger partial charge < -0.3 is 9.29 Å². The number of hydrogen-bond donors (Lipinski definition) is 1. The number of carbonyl (C=O) groups is 1. The molecule has 0 aliphatic carbocycles. The third kappa shape index (κ3) is 3.37. The Labute approximate surface area is 136 Å². The molecule has 122 valence electrons. The highest BCUT2D eigenvalue weighted by Crippen LogP contribution is 2.30. The molecule has 1 amide bonds. The molecule has 0 radical (unpaired) electrons. The van der Waals surface area contributed by atoms with Crippen LogP contribution in [0.3, 0.4) is 0 Å². The fourth-order valence-electron chi connectivity index (χ4n) is 2.71. The first-order valence-corrected chi connectivity index (χ1v) is 8.72. The van der Waals surface area contributed by atoms with Gasteiger partial charge in [-0.15, -0.1) is 0 Å². The first-order valence-electron chi connectivity index (χ1n) is 7.24. The minimum absolute atomic E-state index is 0.104. The van der Waals surface area contributed by atoms with E-state index in [4.69, 9.17) is 10.3 Å². The molecule has 8 heteroatoms. The maximum atomic E-state index is 14.4. The highest BCUT2D eigenvalue weighted by molar-refractivity contribution is 7.91. The van der Waals surface area contributed by atoms with Crippen LogP contribution in [0.4, 0.5) is 14.9 Å². The summed E-state index contributed by atoms with van der Waals surface area (Å²) in [4.78, 5) is 13.2. The SMILES string of the molecule is N=NC[C@H]1CN(c2ccc(C3=CC[S+]([O-])CC3)c(F)c2)C(=O)O1. The summed E-state index contributed by atoms with van der Waals surface area (Å²) >= 11 is -0.851. The maximum Gasteiger partial charge on any atom is 0.414 e. The van der Waals surface area contributed by atoms with Gasteiger partial charge in [0.1, 0.15) is 23.4 Å². The Hall–Kier alpha value is -1.93. The molecule has 2 atom stereocenters. The Morgan fingerprint density at radius 1 is 1.52 bits per heavy atom. The Morgan fingerprint density at radius 3 is 3.00 bits per heavy atom. The zero-order chi connectivity index (χ0) is 16.4. The van der Waals surface area contributed by atoms with Crippen molar-refractivity contribution < 1.29 is 18.5 Å². The topological polar surface area (TPSA) is 88.8 Å². The van der Waals surface area contributed by atoms with Gasteiger partial charge in [0.2, 0.25) is 0 Å². The van der Waals surface area contributed by atoms with Crippen molar-refractivity contribution in [3.8, 4) is 0 Å². The minimum Gasteiger partial charge on any atom is -0.616 e. The zero-order valence-corrected chi connectivity index (χ0v) is 13.1. The number of halogens is 1. The van der Waals surface area contributed by atoms with E-state index >= 15 is 0 Å². The van der Waals surface area contributed by atoms with E-state index in [0.717, 1.165) is 5.57 Å². The first kappa shape index (κ1) is 15.9. The number of nitrogens with one attached hydrogen (secondary N) is 1. The lowest BCUT2D eigenvalue weighted by molar-refractivity contribution is 0.144. The van der Waals surface area contributed by atoms with Crippen molar-refractivity contribution >= 4 is 28.5 Å². The van der Waals surface area contributed by atoms with Crippen LogP contribution in [0, 0.1) is 11.3 Å². The standard InChI is InChI=1S/C15H16FN3O3S/c16-14-7-11(19-9-12(8-18-17)22-15(19)20)1-2-13(14)10-3-5-23(21)6-4-10/h1-3,7,12,17H,4-6,8-9H2/t12-,23?/m0/s1. The van der Waals surface area contributed by atoms with Crippen molar-refractivity contribution in [2.75, 3.05) is 29.5 Å². The number of anilines is 1. The fraction of sp³-hybridized carbons (Fsp3) is 0.400. The number of carbonyl (C=O) groups excluding carboxylic acids is 1. The molecule has 0 aromatic heterocycles. The Bertz CT molecular complexity index is 667. The summed E-state index contributed by atoms with van der Waals surface area (Å²) in [5, 5.41) is 3.22. The molecule has 1 saturated heterocycles. The van der Waals surface area contributed by atoms with Gasteiger partial charge in [-0.3, -0.25) is 4.90 Å². The molecule has 2 aliphatic rings. The number of nitrogens with zero attached hydrogens (tertiary/aromatic N) is 2. The number of amides is 1.